The Labute approximate surface area is 685 Å². The molecule has 0 saturated carbocycles. The Kier molecular flexibility index (Phi) is 16.7. The Morgan fingerprint density at radius 3 is 0.839 bits per heavy atom. The summed E-state index contributed by atoms with van der Waals surface area (Å²) in [4.78, 5) is 9.92. The number of hydrogen-bond donors (Lipinski definition) is 0. The largest absolute Gasteiger partial charge is 0.310 e. The zero-order chi connectivity index (χ0) is 78.6. The molecule has 0 saturated heterocycles. The molecule has 0 unspecified atom stereocenters. The fourth-order valence-corrected chi connectivity index (χ4v) is 18.8. The van der Waals surface area contributed by atoms with E-state index in [0.29, 0.717) is 0 Å². The lowest BCUT2D eigenvalue weighted by molar-refractivity contribution is 1.18. The number of hydrogen-bond acceptors (Lipinski definition) is 4. The minimum absolute atomic E-state index is 1.03. The van der Waals surface area contributed by atoms with Crippen LogP contribution < -0.4 is 19.6 Å². The summed E-state index contributed by atoms with van der Waals surface area (Å²) in [5.74, 6) is 0. The van der Waals surface area contributed by atoms with E-state index in [2.05, 4.69) is 469 Å². The molecule has 2 aromatic heterocycles. The quantitative estimate of drug-likeness (QED) is 0.102. The Balaban J connectivity index is 0.760. The molecule has 6 heteroatoms. The van der Waals surface area contributed by atoms with E-state index < -0.39 is 0 Å². The van der Waals surface area contributed by atoms with E-state index in [0.717, 1.165) is 135 Å². The summed E-state index contributed by atoms with van der Waals surface area (Å²) >= 11 is 0. The molecule has 0 aliphatic rings. The van der Waals surface area contributed by atoms with Gasteiger partial charge in [0, 0.05) is 100.0 Å². The highest BCUT2D eigenvalue weighted by molar-refractivity contribution is 6.34. The SMILES string of the molecule is Cc1ccc(N(c2ccccc2)c2cc3c(c4ccccc24)c2c4ccccc4c(N(c4ccc(C)cc4)c4cccc(-c5cccc(N(c6ccccc6C)c6cc7c(c8ccccc68)c6c8ccccc8c(N(c8ccccc8)c8ccccc8C)cc6n7-c6ccc7ccccc7c6)c5)c4)cc2n3-c2ccc3ccccc3c2)cc1. The van der Waals surface area contributed by atoms with Crippen molar-refractivity contribution in [2.45, 2.75) is 27.7 Å². The molecule has 20 aromatic carbocycles. The first-order chi connectivity index (χ1) is 58.2. The van der Waals surface area contributed by atoms with Crippen LogP contribution in [0.1, 0.15) is 22.3 Å². The molecule has 0 atom stereocenters. The molecule has 0 N–H and O–H groups in total. The molecule has 22 rings (SSSR count). The zero-order valence-corrected chi connectivity index (χ0v) is 65.9. The van der Waals surface area contributed by atoms with E-state index in [1.807, 2.05) is 0 Å². The fourth-order valence-electron chi connectivity index (χ4n) is 18.8. The summed E-state index contributed by atoms with van der Waals surface area (Å²) in [6, 6.07) is 153. The van der Waals surface area contributed by atoms with E-state index in [1.54, 1.807) is 0 Å². The van der Waals surface area contributed by atoms with Gasteiger partial charge in [-0.2, -0.15) is 0 Å². The van der Waals surface area contributed by atoms with Crippen molar-refractivity contribution in [2.75, 3.05) is 19.6 Å². The van der Waals surface area contributed by atoms with Crippen LogP contribution in [0.25, 0.3) is 131 Å². The van der Waals surface area contributed by atoms with Gasteiger partial charge in [-0.1, -0.05) is 290 Å². The molecule has 0 spiro atoms. The van der Waals surface area contributed by atoms with Crippen LogP contribution in [0.4, 0.5) is 68.2 Å². The Morgan fingerprint density at radius 1 is 0.178 bits per heavy atom. The van der Waals surface area contributed by atoms with Crippen LogP contribution in [-0.4, -0.2) is 9.13 Å². The fraction of sp³-hybridized carbons (Fsp3) is 0.0357. The number of aryl methyl sites for hydroxylation is 4. The first-order valence-corrected chi connectivity index (χ1v) is 40.8. The maximum absolute atomic E-state index is 2.55. The van der Waals surface area contributed by atoms with Gasteiger partial charge in [0.1, 0.15) is 0 Å². The lowest BCUT2D eigenvalue weighted by Gasteiger charge is -2.29. The number of para-hydroxylation sites is 4. The second kappa shape index (κ2) is 28.4. The third kappa shape index (κ3) is 11.5. The molecule has 0 bridgehead atoms. The van der Waals surface area contributed by atoms with Crippen molar-refractivity contribution in [1.29, 1.82) is 0 Å². The Bertz CT molecular complexity index is 7750. The summed E-state index contributed by atoms with van der Waals surface area (Å²) in [7, 11) is 0. The first-order valence-electron chi connectivity index (χ1n) is 40.8. The van der Waals surface area contributed by atoms with Crippen LogP contribution in [-0.2, 0) is 0 Å². The minimum atomic E-state index is 1.03. The molecule has 6 nitrogen and oxygen atoms in total. The lowest BCUT2D eigenvalue weighted by Crippen LogP contribution is -2.12. The average Bonchev–Trinajstić information content (AvgIpc) is 1.54. The van der Waals surface area contributed by atoms with Gasteiger partial charge in [0.2, 0.25) is 0 Å². The van der Waals surface area contributed by atoms with E-state index in [1.165, 1.54) is 86.7 Å². The highest BCUT2D eigenvalue weighted by Gasteiger charge is 2.30. The van der Waals surface area contributed by atoms with Crippen LogP contribution in [0.5, 0.6) is 0 Å². The van der Waals surface area contributed by atoms with Gasteiger partial charge >= 0.3 is 0 Å². The number of benzene rings is 20. The topological polar surface area (TPSA) is 22.8 Å². The van der Waals surface area contributed by atoms with E-state index in [-0.39, 0.29) is 0 Å². The van der Waals surface area contributed by atoms with Crippen LogP contribution in [0.2, 0.25) is 0 Å². The normalized spacial score (nSPS) is 11.7. The van der Waals surface area contributed by atoms with Crippen molar-refractivity contribution >= 4 is 176 Å². The molecule has 0 fully saturated rings. The zero-order valence-electron chi connectivity index (χ0n) is 65.9. The standard InChI is InChI=1S/C112H80N6/c1-73-53-59-85(60-54-73)113(83-37-7-5-8-38-83)101-69-105-109(95-47-21-17-43-91(95)101)110-96-48-22-18-44-92(96)102(70-106(110)117(105)89-63-57-77-31-13-15-33-79(77)65-89)114(86-61-55-74(2)56-62-86)87-41-27-35-81(67-87)82-36-28-42-88(68-82)116(100-52-26-12-30-76(100)4)104-72-108-112(98-50-24-20-46-94(98)104)111-97-49-23-19-45-93(97)103(115(84-39-9-6-10-40-84)99-51-25-11-29-75(99)3)71-107(111)118(108)90-64-58-78-32-14-16-34-80(78)66-90/h5-72H,1-4H3. The highest BCUT2D eigenvalue weighted by Crippen LogP contribution is 2.54. The van der Waals surface area contributed by atoms with Crippen molar-refractivity contribution in [1.82, 2.24) is 9.13 Å². The third-order valence-corrected chi connectivity index (χ3v) is 24.3. The van der Waals surface area contributed by atoms with E-state index >= 15 is 0 Å². The molecule has 2 heterocycles. The van der Waals surface area contributed by atoms with Gasteiger partial charge in [-0.05, 0) is 226 Å². The van der Waals surface area contributed by atoms with Gasteiger partial charge in [-0.15, -0.1) is 0 Å². The van der Waals surface area contributed by atoms with Crippen molar-refractivity contribution in [3.63, 3.8) is 0 Å². The molecule has 0 aliphatic heterocycles. The molecule has 558 valence electrons. The summed E-state index contributed by atoms with van der Waals surface area (Å²) < 4.78 is 5.10. The highest BCUT2D eigenvalue weighted by atomic mass is 15.2. The Morgan fingerprint density at radius 2 is 0.458 bits per heavy atom. The molecule has 0 amide bonds. The Hall–Kier alpha value is -15.2. The predicted octanol–water partition coefficient (Wildman–Crippen LogP) is 31.6. The van der Waals surface area contributed by atoms with Crippen LogP contribution in [0.3, 0.4) is 0 Å². The van der Waals surface area contributed by atoms with Gasteiger partial charge in [0.05, 0.1) is 44.8 Å². The molecule has 0 radical (unpaired) electrons. The number of anilines is 12. The lowest BCUT2D eigenvalue weighted by atomic mass is 9.96. The van der Waals surface area contributed by atoms with Gasteiger partial charge < -0.3 is 28.7 Å². The first kappa shape index (κ1) is 69.5. The molecule has 22 aromatic rings. The van der Waals surface area contributed by atoms with Crippen LogP contribution >= 0.6 is 0 Å². The van der Waals surface area contributed by atoms with Crippen LogP contribution in [0.15, 0.2) is 413 Å². The summed E-state index contributed by atoms with van der Waals surface area (Å²) in [5.41, 5.74) is 26.5. The molecule has 0 aliphatic carbocycles. The number of aromatic nitrogens is 2. The van der Waals surface area contributed by atoms with Gasteiger partial charge in [-0.25, -0.2) is 0 Å². The summed E-state index contributed by atoms with van der Waals surface area (Å²) in [6.07, 6.45) is 0. The number of nitrogens with zero attached hydrogens (tertiary/aromatic N) is 6. The predicted molar refractivity (Wildman–Crippen MR) is 503 cm³/mol. The van der Waals surface area contributed by atoms with Crippen molar-refractivity contribution in [3.8, 4) is 22.5 Å². The van der Waals surface area contributed by atoms with Crippen molar-refractivity contribution < 1.29 is 0 Å². The number of fused-ring (bicyclic) bond motifs is 16. The maximum Gasteiger partial charge on any atom is 0.0568 e. The monoisotopic (exact) mass is 1510 g/mol. The molecule has 118 heavy (non-hydrogen) atoms. The molecular formula is C112H80N6. The minimum Gasteiger partial charge on any atom is -0.310 e. The number of rotatable bonds is 15. The summed E-state index contributed by atoms with van der Waals surface area (Å²) in [6.45, 7) is 8.81. The third-order valence-electron chi connectivity index (χ3n) is 24.3. The second-order valence-corrected chi connectivity index (χ2v) is 31.4. The van der Waals surface area contributed by atoms with Crippen LogP contribution in [0, 0.1) is 27.7 Å². The van der Waals surface area contributed by atoms with Crippen molar-refractivity contribution in [3.05, 3.63) is 435 Å². The summed E-state index contributed by atoms with van der Waals surface area (Å²) in [5, 5.41) is 18.9. The smallest absolute Gasteiger partial charge is 0.0568 e. The van der Waals surface area contributed by atoms with Gasteiger partial charge in [-0.3, -0.25) is 0 Å². The van der Waals surface area contributed by atoms with Gasteiger partial charge in [0.25, 0.3) is 0 Å². The average molecular weight is 1510 g/mol. The van der Waals surface area contributed by atoms with E-state index in [4.69, 9.17) is 0 Å². The molecular weight excluding hydrogens is 1430 g/mol. The van der Waals surface area contributed by atoms with E-state index in [9.17, 15) is 0 Å². The van der Waals surface area contributed by atoms with Gasteiger partial charge in [0.15, 0.2) is 0 Å². The van der Waals surface area contributed by atoms with Crippen molar-refractivity contribution in [2.24, 2.45) is 0 Å². The second-order valence-electron chi connectivity index (χ2n) is 31.4. The maximum atomic E-state index is 2.55.